The monoisotopic (exact) mass is 408 g/mol. The Morgan fingerprint density at radius 1 is 1.26 bits per heavy atom. The highest BCUT2D eigenvalue weighted by molar-refractivity contribution is 9.10. The highest BCUT2D eigenvalue weighted by Gasteiger charge is 2.10. The van der Waals surface area contributed by atoms with Gasteiger partial charge in [-0.1, -0.05) is 39.7 Å². The largest absolute Gasteiger partial charge is 0.352 e. The van der Waals surface area contributed by atoms with Crippen LogP contribution < -0.4 is 5.32 Å². The number of hydrogen-bond acceptors (Lipinski definition) is 3. The molecule has 0 spiro atoms. The van der Waals surface area contributed by atoms with Crippen LogP contribution in [0.2, 0.25) is 5.02 Å². The van der Waals surface area contributed by atoms with Crippen molar-refractivity contribution in [2.45, 2.75) is 12.8 Å². The fourth-order valence-electron chi connectivity index (χ4n) is 2.24. The summed E-state index contributed by atoms with van der Waals surface area (Å²) in [7, 11) is 0. The smallest absolute Gasteiger partial charge is 0.252 e. The molecule has 0 aliphatic carbocycles. The number of benzene rings is 2. The summed E-state index contributed by atoms with van der Waals surface area (Å²) in [6.45, 7) is 0.595. The molecule has 1 N–H and O–H groups in total. The van der Waals surface area contributed by atoms with Crippen molar-refractivity contribution in [3.05, 3.63) is 62.5 Å². The van der Waals surface area contributed by atoms with Gasteiger partial charge in [0.25, 0.3) is 5.91 Å². The van der Waals surface area contributed by atoms with Crippen LogP contribution in [0.15, 0.2) is 46.9 Å². The number of carbonyl (C=O) groups excluding carboxylic acids is 1. The Morgan fingerprint density at radius 3 is 2.91 bits per heavy atom. The average Bonchev–Trinajstić information content (AvgIpc) is 2.96. The number of nitrogens with one attached hydrogen (secondary N) is 1. The molecule has 1 amide bonds. The minimum Gasteiger partial charge on any atom is -0.352 e. The van der Waals surface area contributed by atoms with Gasteiger partial charge in [-0.15, -0.1) is 11.3 Å². The number of nitrogens with zero attached hydrogens (tertiary/aromatic N) is 1. The molecule has 2 aromatic carbocycles. The second kappa shape index (κ2) is 7.43. The molecule has 0 atom stereocenters. The number of carbonyl (C=O) groups is 1. The van der Waals surface area contributed by atoms with Crippen molar-refractivity contribution in [2.24, 2.45) is 0 Å². The van der Waals surface area contributed by atoms with E-state index in [0.717, 1.165) is 27.8 Å². The van der Waals surface area contributed by atoms with Crippen molar-refractivity contribution in [2.75, 3.05) is 6.54 Å². The van der Waals surface area contributed by atoms with Gasteiger partial charge < -0.3 is 5.32 Å². The van der Waals surface area contributed by atoms with Gasteiger partial charge in [0.15, 0.2) is 0 Å². The third-order valence-corrected chi connectivity index (χ3v) is 5.28. The van der Waals surface area contributed by atoms with Gasteiger partial charge in [-0.3, -0.25) is 4.79 Å². The molecule has 3 aromatic rings. The van der Waals surface area contributed by atoms with Crippen LogP contribution >= 0.6 is 38.9 Å². The van der Waals surface area contributed by atoms with Crippen LogP contribution in [0.5, 0.6) is 0 Å². The number of thiazole rings is 1. The first-order valence-electron chi connectivity index (χ1n) is 7.21. The first-order valence-corrected chi connectivity index (χ1v) is 9.20. The molecular formula is C17H14BrClN2OS. The van der Waals surface area contributed by atoms with Gasteiger partial charge in [0, 0.05) is 17.4 Å². The van der Waals surface area contributed by atoms with Crippen LogP contribution in [0.25, 0.3) is 10.2 Å². The number of para-hydroxylation sites is 1. The molecule has 23 heavy (non-hydrogen) atoms. The molecule has 0 aliphatic heterocycles. The summed E-state index contributed by atoms with van der Waals surface area (Å²) in [6.07, 6.45) is 1.70. The minimum absolute atomic E-state index is 0.152. The van der Waals surface area contributed by atoms with E-state index in [4.69, 9.17) is 11.6 Å². The molecule has 0 fully saturated rings. The van der Waals surface area contributed by atoms with Crippen LogP contribution in [-0.2, 0) is 6.42 Å². The first-order chi connectivity index (χ1) is 11.1. The Labute approximate surface area is 151 Å². The maximum Gasteiger partial charge on any atom is 0.252 e. The second-order valence-corrected chi connectivity index (χ2v) is 7.50. The molecule has 3 rings (SSSR count). The number of aromatic nitrogens is 1. The zero-order valence-electron chi connectivity index (χ0n) is 12.2. The van der Waals surface area contributed by atoms with Gasteiger partial charge in [0.2, 0.25) is 0 Å². The Hall–Kier alpha value is -1.43. The number of amides is 1. The van der Waals surface area contributed by atoms with Crippen molar-refractivity contribution in [1.82, 2.24) is 10.3 Å². The number of halogens is 2. The van der Waals surface area contributed by atoms with E-state index in [2.05, 4.69) is 32.3 Å². The summed E-state index contributed by atoms with van der Waals surface area (Å²) < 4.78 is 2.04. The van der Waals surface area contributed by atoms with Crippen molar-refractivity contribution in [3.63, 3.8) is 0 Å². The van der Waals surface area contributed by atoms with E-state index in [1.807, 2.05) is 24.3 Å². The predicted octanol–water partition coefficient (Wildman–Crippen LogP) is 5.07. The summed E-state index contributed by atoms with van der Waals surface area (Å²) in [5.74, 6) is -0.152. The van der Waals surface area contributed by atoms with E-state index in [1.54, 1.807) is 23.5 Å². The standard InChI is InChI=1S/C17H14BrClN2OS/c18-11-7-8-13(19)12(10-11)17(22)20-9-3-6-16-21-14-4-1-2-5-15(14)23-16/h1-2,4-5,7-8,10H,3,6,9H2,(H,20,22). The molecule has 0 unspecified atom stereocenters. The number of fused-ring (bicyclic) bond motifs is 1. The maximum absolute atomic E-state index is 12.1. The number of aryl methyl sites for hydroxylation is 1. The topological polar surface area (TPSA) is 42.0 Å². The third kappa shape index (κ3) is 4.10. The molecule has 1 heterocycles. The van der Waals surface area contributed by atoms with Gasteiger partial charge in [0.05, 0.1) is 25.8 Å². The fraction of sp³-hybridized carbons (Fsp3) is 0.176. The van der Waals surface area contributed by atoms with Gasteiger partial charge in [0.1, 0.15) is 0 Å². The van der Waals surface area contributed by atoms with Crippen LogP contribution in [-0.4, -0.2) is 17.4 Å². The van der Waals surface area contributed by atoms with Crippen LogP contribution in [0, 0.1) is 0 Å². The third-order valence-electron chi connectivity index (χ3n) is 3.36. The van der Waals surface area contributed by atoms with Crippen molar-refractivity contribution in [3.8, 4) is 0 Å². The molecule has 1 aromatic heterocycles. The minimum atomic E-state index is -0.152. The predicted molar refractivity (Wildman–Crippen MR) is 99.4 cm³/mol. The van der Waals surface area contributed by atoms with Gasteiger partial charge in [-0.2, -0.15) is 0 Å². The highest BCUT2D eigenvalue weighted by atomic mass is 79.9. The Morgan fingerprint density at radius 2 is 2.09 bits per heavy atom. The molecule has 3 nitrogen and oxygen atoms in total. The number of hydrogen-bond donors (Lipinski definition) is 1. The summed E-state index contributed by atoms with van der Waals surface area (Å²) in [5.41, 5.74) is 1.53. The maximum atomic E-state index is 12.1. The molecule has 118 valence electrons. The van der Waals surface area contributed by atoms with E-state index < -0.39 is 0 Å². The van der Waals surface area contributed by atoms with Gasteiger partial charge in [-0.25, -0.2) is 4.98 Å². The molecule has 0 radical (unpaired) electrons. The second-order valence-electron chi connectivity index (χ2n) is 5.06. The summed E-state index contributed by atoms with van der Waals surface area (Å²) >= 11 is 11.1. The Bertz CT molecular complexity index is 816. The van der Waals surface area contributed by atoms with E-state index in [9.17, 15) is 4.79 Å². The van der Waals surface area contributed by atoms with Crippen LogP contribution in [0.4, 0.5) is 0 Å². The fourth-order valence-corrected chi connectivity index (χ4v) is 3.81. The Balaban J connectivity index is 1.53. The molecular weight excluding hydrogens is 396 g/mol. The first kappa shape index (κ1) is 16.4. The van der Waals surface area contributed by atoms with E-state index in [-0.39, 0.29) is 5.91 Å². The molecule has 0 bridgehead atoms. The zero-order valence-corrected chi connectivity index (χ0v) is 15.3. The van der Waals surface area contributed by atoms with E-state index in [1.165, 1.54) is 4.70 Å². The van der Waals surface area contributed by atoms with Crippen molar-refractivity contribution < 1.29 is 4.79 Å². The van der Waals surface area contributed by atoms with Crippen LogP contribution in [0.3, 0.4) is 0 Å². The van der Waals surface area contributed by atoms with Crippen LogP contribution in [0.1, 0.15) is 21.8 Å². The quantitative estimate of drug-likeness (QED) is 0.597. The molecule has 6 heteroatoms. The van der Waals surface area contributed by atoms with Gasteiger partial charge in [-0.05, 0) is 36.8 Å². The number of rotatable bonds is 5. The highest BCUT2D eigenvalue weighted by Crippen LogP contribution is 2.23. The van der Waals surface area contributed by atoms with Gasteiger partial charge >= 0.3 is 0 Å². The lowest BCUT2D eigenvalue weighted by Crippen LogP contribution is -2.25. The normalized spacial score (nSPS) is 10.9. The average molecular weight is 410 g/mol. The van der Waals surface area contributed by atoms with E-state index >= 15 is 0 Å². The molecule has 0 saturated carbocycles. The summed E-state index contributed by atoms with van der Waals surface area (Å²) in [5, 5.41) is 4.46. The Kier molecular flexibility index (Phi) is 5.30. The van der Waals surface area contributed by atoms with Crippen molar-refractivity contribution in [1.29, 1.82) is 0 Å². The molecule has 0 aliphatic rings. The lowest BCUT2D eigenvalue weighted by atomic mass is 10.2. The summed E-state index contributed by atoms with van der Waals surface area (Å²) in [6, 6.07) is 13.4. The SMILES string of the molecule is O=C(NCCCc1nc2ccccc2s1)c1cc(Br)ccc1Cl. The summed E-state index contributed by atoms with van der Waals surface area (Å²) in [4.78, 5) is 16.7. The van der Waals surface area contributed by atoms with E-state index in [0.29, 0.717) is 17.1 Å². The zero-order chi connectivity index (χ0) is 16.2. The lowest BCUT2D eigenvalue weighted by Gasteiger charge is -2.06. The lowest BCUT2D eigenvalue weighted by molar-refractivity contribution is 0.0953. The molecule has 0 saturated heterocycles. The van der Waals surface area contributed by atoms with Crippen molar-refractivity contribution >= 4 is 55.0 Å².